The molecular formula is C13H14ClNO4S. The molecule has 1 atom stereocenters. The maximum Gasteiger partial charge on any atom is 0.327 e. The van der Waals surface area contributed by atoms with Gasteiger partial charge in [0.15, 0.2) is 5.78 Å². The van der Waals surface area contributed by atoms with Crippen molar-refractivity contribution in [1.29, 1.82) is 0 Å². The number of hydrogen-bond acceptors (Lipinski definition) is 4. The quantitative estimate of drug-likeness (QED) is 0.750. The van der Waals surface area contributed by atoms with Crippen molar-refractivity contribution in [3.8, 4) is 0 Å². The van der Waals surface area contributed by atoms with Gasteiger partial charge in [0.05, 0.1) is 5.75 Å². The predicted octanol–water partition coefficient (Wildman–Crippen LogP) is 1.85. The Kier molecular flexibility index (Phi) is 6.54. The molecule has 1 amide bonds. The number of aliphatic carboxylic acids is 1. The zero-order valence-electron chi connectivity index (χ0n) is 10.8. The molecule has 1 rings (SSSR count). The van der Waals surface area contributed by atoms with Crippen LogP contribution in [0, 0.1) is 0 Å². The number of halogens is 1. The van der Waals surface area contributed by atoms with Crippen LogP contribution in [0.3, 0.4) is 0 Å². The molecule has 0 heterocycles. The van der Waals surface area contributed by atoms with Gasteiger partial charge < -0.3 is 10.4 Å². The van der Waals surface area contributed by atoms with Crippen LogP contribution in [0.5, 0.6) is 0 Å². The topological polar surface area (TPSA) is 83.5 Å². The van der Waals surface area contributed by atoms with Crippen LogP contribution in [0.25, 0.3) is 0 Å². The number of hydrogen-bond donors (Lipinski definition) is 2. The van der Waals surface area contributed by atoms with Crippen LogP contribution in [0.1, 0.15) is 17.3 Å². The maximum atomic E-state index is 11.8. The van der Waals surface area contributed by atoms with E-state index in [9.17, 15) is 14.4 Å². The summed E-state index contributed by atoms with van der Waals surface area (Å²) in [6.07, 6.45) is 0. The number of Topliss-reactive ketones (excluding diaryl/α,β-unsaturated/α-hetero) is 1. The van der Waals surface area contributed by atoms with E-state index in [0.717, 1.165) is 11.8 Å². The zero-order valence-corrected chi connectivity index (χ0v) is 12.3. The van der Waals surface area contributed by atoms with Crippen LogP contribution in [0.4, 0.5) is 0 Å². The number of nitrogens with one attached hydrogen (secondary N) is 1. The lowest BCUT2D eigenvalue weighted by Crippen LogP contribution is -2.41. The van der Waals surface area contributed by atoms with E-state index in [1.165, 1.54) is 6.92 Å². The number of carboxylic acids is 1. The van der Waals surface area contributed by atoms with Gasteiger partial charge in [-0.3, -0.25) is 9.59 Å². The van der Waals surface area contributed by atoms with Gasteiger partial charge in [0.2, 0.25) is 5.91 Å². The first-order chi connectivity index (χ1) is 9.40. The van der Waals surface area contributed by atoms with Crippen molar-refractivity contribution in [2.45, 2.75) is 13.0 Å². The number of rotatable bonds is 7. The third-order valence-corrected chi connectivity index (χ3v) is 3.65. The molecule has 1 aromatic carbocycles. The molecule has 2 N–H and O–H groups in total. The summed E-state index contributed by atoms with van der Waals surface area (Å²) in [5.41, 5.74) is 0.522. The Morgan fingerprint density at radius 2 is 1.90 bits per heavy atom. The average molecular weight is 316 g/mol. The van der Waals surface area contributed by atoms with E-state index in [4.69, 9.17) is 16.7 Å². The van der Waals surface area contributed by atoms with Gasteiger partial charge in [-0.2, -0.15) is 11.8 Å². The molecule has 0 spiro atoms. The largest absolute Gasteiger partial charge is 0.480 e. The van der Waals surface area contributed by atoms with E-state index in [0.29, 0.717) is 10.6 Å². The summed E-state index contributed by atoms with van der Waals surface area (Å²) in [6, 6.07) is 5.49. The molecule has 0 saturated carbocycles. The second-order valence-electron chi connectivity index (χ2n) is 4.04. The molecule has 5 nitrogen and oxygen atoms in total. The van der Waals surface area contributed by atoms with Crippen molar-refractivity contribution in [2.75, 3.05) is 11.5 Å². The van der Waals surface area contributed by atoms with Crippen molar-refractivity contribution >= 4 is 41.0 Å². The number of benzene rings is 1. The van der Waals surface area contributed by atoms with Crippen LogP contribution < -0.4 is 5.32 Å². The van der Waals surface area contributed by atoms with Crippen LogP contribution in [0.2, 0.25) is 5.02 Å². The van der Waals surface area contributed by atoms with Gasteiger partial charge in [0, 0.05) is 23.3 Å². The van der Waals surface area contributed by atoms with E-state index in [1.807, 2.05) is 0 Å². The van der Waals surface area contributed by atoms with Gasteiger partial charge in [-0.05, 0) is 24.3 Å². The summed E-state index contributed by atoms with van der Waals surface area (Å²) in [4.78, 5) is 33.6. The van der Waals surface area contributed by atoms with Crippen LogP contribution >= 0.6 is 23.4 Å². The molecule has 20 heavy (non-hydrogen) atoms. The summed E-state index contributed by atoms with van der Waals surface area (Å²) >= 11 is 6.88. The monoisotopic (exact) mass is 315 g/mol. The normalized spacial score (nSPS) is 11.7. The third-order valence-electron chi connectivity index (χ3n) is 2.36. The molecule has 0 aliphatic carbocycles. The fourth-order valence-corrected chi connectivity index (χ4v) is 2.47. The Labute approximate surface area is 125 Å². The highest BCUT2D eigenvalue weighted by Crippen LogP contribution is 2.13. The average Bonchev–Trinajstić information content (AvgIpc) is 2.37. The van der Waals surface area contributed by atoms with Gasteiger partial charge in [-0.25, -0.2) is 4.79 Å². The van der Waals surface area contributed by atoms with Crippen molar-refractivity contribution in [3.63, 3.8) is 0 Å². The SMILES string of the molecule is CC(=O)N[C@@H](CSCC(=O)c1ccc(Cl)cc1)C(=O)O. The van der Waals surface area contributed by atoms with Gasteiger partial charge in [0.1, 0.15) is 6.04 Å². The number of carbonyl (C=O) groups is 3. The Hall–Kier alpha value is -1.53. The van der Waals surface area contributed by atoms with E-state index in [1.54, 1.807) is 24.3 Å². The Morgan fingerprint density at radius 1 is 1.30 bits per heavy atom. The molecule has 0 aromatic heterocycles. The first kappa shape index (κ1) is 16.5. The standard InChI is InChI=1S/C13H14ClNO4S/c1-8(16)15-11(13(18)19)6-20-7-12(17)9-2-4-10(14)5-3-9/h2-5,11H,6-7H2,1H3,(H,15,16)(H,18,19)/t11-/m0/s1. The molecule has 0 aliphatic rings. The summed E-state index contributed by atoms with van der Waals surface area (Å²) in [5, 5.41) is 11.8. The molecule has 7 heteroatoms. The minimum Gasteiger partial charge on any atom is -0.480 e. The summed E-state index contributed by atoms with van der Waals surface area (Å²) in [7, 11) is 0. The summed E-state index contributed by atoms with van der Waals surface area (Å²) in [6.45, 7) is 1.25. The number of thioether (sulfide) groups is 1. The lowest BCUT2D eigenvalue weighted by atomic mass is 10.1. The van der Waals surface area contributed by atoms with Gasteiger partial charge >= 0.3 is 5.97 Å². The van der Waals surface area contributed by atoms with Crippen LogP contribution in [-0.4, -0.2) is 40.3 Å². The molecular weight excluding hydrogens is 302 g/mol. The lowest BCUT2D eigenvalue weighted by molar-refractivity contribution is -0.140. The summed E-state index contributed by atoms with van der Waals surface area (Å²) < 4.78 is 0. The van der Waals surface area contributed by atoms with Gasteiger partial charge in [-0.15, -0.1) is 0 Å². The molecule has 108 valence electrons. The molecule has 0 saturated heterocycles. The lowest BCUT2D eigenvalue weighted by Gasteiger charge is -2.12. The maximum absolute atomic E-state index is 11.8. The highest BCUT2D eigenvalue weighted by molar-refractivity contribution is 8.00. The predicted molar refractivity (Wildman–Crippen MR) is 78.3 cm³/mol. The molecule has 0 unspecified atom stereocenters. The smallest absolute Gasteiger partial charge is 0.327 e. The number of ketones is 1. The van der Waals surface area contributed by atoms with Gasteiger partial charge in [0.25, 0.3) is 0 Å². The van der Waals surface area contributed by atoms with Crippen LogP contribution in [0.15, 0.2) is 24.3 Å². The van der Waals surface area contributed by atoms with Crippen molar-refractivity contribution in [1.82, 2.24) is 5.32 Å². The molecule has 1 aromatic rings. The minimum atomic E-state index is -1.12. The zero-order chi connectivity index (χ0) is 15.1. The fraction of sp³-hybridized carbons (Fsp3) is 0.308. The first-order valence-electron chi connectivity index (χ1n) is 5.76. The Balaban J connectivity index is 2.46. The number of carbonyl (C=O) groups excluding carboxylic acids is 2. The van der Waals surface area contributed by atoms with Crippen molar-refractivity contribution < 1.29 is 19.5 Å². The van der Waals surface area contributed by atoms with Gasteiger partial charge in [-0.1, -0.05) is 11.6 Å². The Bertz CT molecular complexity index is 504. The Morgan fingerprint density at radius 3 is 2.40 bits per heavy atom. The van der Waals surface area contributed by atoms with E-state index >= 15 is 0 Å². The van der Waals surface area contributed by atoms with Crippen molar-refractivity contribution in [3.05, 3.63) is 34.9 Å². The second-order valence-corrected chi connectivity index (χ2v) is 5.50. The highest BCUT2D eigenvalue weighted by atomic mass is 35.5. The van der Waals surface area contributed by atoms with Crippen molar-refractivity contribution in [2.24, 2.45) is 0 Å². The summed E-state index contributed by atoms with van der Waals surface area (Å²) in [5.74, 6) is -1.37. The number of carboxylic acid groups (broad SMARTS) is 1. The van der Waals surface area contributed by atoms with Crippen LogP contribution in [-0.2, 0) is 9.59 Å². The fourth-order valence-electron chi connectivity index (χ4n) is 1.41. The third kappa shape index (κ3) is 5.63. The molecule has 0 aliphatic heterocycles. The van der Waals surface area contributed by atoms with E-state index in [-0.39, 0.29) is 17.3 Å². The highest BCUT2D eigenvalue weighted by Gasteiger charge is 2.18. The van der Waals surface area contributed by atoms with E-state index in [2.05, 4.69) is 5.32 Å². The first-order valence-corrected chi connectivity index (χ1v) is 7.30. The van der Waals surface area contributed by atoms with E-state index < -0.39 is 17.9 Å². The number of amides is 1. The second kappa shape index (κ2) is 7.91. The molecule has 0 radical (unpaired) electrons. The molecule has 0 fully saturated rings. The molecule has 0 bridgehead atoms. The minimum absolute atomic E-state index is 0.112.